The molecule has 0 bridgehead atoms. The van der Waals surface area contributed by atoms with Crippen LogP contribution in [0.5, 0.6) is 5.75 Å². The van der Waals surface area contributed by atoms with Crippen molar-refractivity contribution in [1.82, 2.24) is 10.2 Å². The maximum Gasteiger partial charge on any atom is 0.356 e. The topological polar surface area (TPSA) is 75.2 Å². The molecule has 18 heavy (non-hydrogen) atoms. The van der Waals surface area contributed by atoms with Crippen LogP contribution in [0, 0.1) is 6.92 Å². The van der Waals surface area contributed by atoms with Crippen LogP contribution in [-0.4, -0.2) is 21.3 Å². The molecule has 0 aliphatic heterocycles. The minimum Gasteiger partial charge on any atom is -0.487 e. The largest absolute Gasteiger partial charge is 0.487 e. The number of nitrogens with zero attached hydrogens (tertiary/aromatic N) is 1. The Bertz CT molecular complexity index is 580. The molecule has 0 radical (unpaired) electrons. The average Bonchev–Trinajstić information content (AvgIpc) is 2.76. The lowest BCUT2D eigenvalue weighted by Crippen LogP contribution is -1.97. The van der Waals surface area contributed by atoms with Gasteiger partial charge in [-0.15, -0.1) is 0 Å². The van der Waals surface area contributed by atoms with Gasteiger partial charge >= 0.3 is 5.97 Å². The van der Waals surface area contributed by atoms with Gasteiger partial charge < -0.3 is 9.84 Å². The van der Waals surface area contributed by atoms with Crippen molar-refractivity contribution in [2.75, 3.05) is 0 Å². The van der Waals surface area contributed by atoms with Crippen LogP contribution < -0.4 is 4.74 Å². The number of halogens is 1. The quantitative estimate of drug-likeness (QED) is 0.892. The summed E-state index contributed by atoms with van der Waals surface area (Å²) in [4.78, 5) is 10.6. The molecule has 0 amide bonds. The molecular formula is C12H11ClN2O3. The van der Waals surface area contributed by atoms with E-state index in [0.29, 0.717) is 16.5 Å². The van der Waals surface area contributed by atoms with Crippen LogP contribution in [0.3, 0.4) is 0 Å². The van der Waals surface area contributed by atoms with Crippen LogP contribution in [0.25, 0.3) is 0 Å². The molecular weight excluding hydrogens is 256 g/mol. The fraction of sp³-hybridized carbons (Fsp3) is 0.167. The van der Waals surface area contributed by atoms with Crippen molar-refractivity contribution >= 4 is 17.6 Å². The predicted molar refractivity (Wildman–Crippen MR) is 66.1 cm³/mol. The van der Waals surface area contributed by atoms with Crippen molar-refractivity contribution in [3.63, 3.8) is 0 Å². The van der Waals surface area contributed by atoms with E-state index < -0.39 is 5.97 Å². The molecule has 0 spiro atoms. The number of nitrogens with one attached hydrogen (secondary N) is 1. The van der Waals surface area contributed by atoms with Crippen molar-refractivity contribution in [2.45, 2.75) is 13.5 Å². The second kappa shape index (κ2) is 5.10. The zero-order valence-corrected chi connectivity index (χ0v) is 10.4. The summed E-state index contributed by atoms with van der Waals surface area (Å²) in [6.45, 7) is 2.11. The van der Waals surface area contributed by atoms with Gasteiger partial charge in [-0.3, -0.25) is 5.10 Å². The lowest BCUT2D eigenvalue weighted by atomic mass is 10.2. The highest BCUT2D eigenvalue weighted by Gasteiger charge is 2.08. The minimum absolute atomic E-state index is 0.0265. The Morgan fingerprint density at radius 3 is 2.89 bits per heavy atom. The number of ether oxygens (including phenoxy) is 1. The molecule has 0 fully saturated rings. The number of aromatic amines is 1. The summed E-state index contributed by atoms with van der Waals surface area (Å²) in [5.74, 6) is -0.369. The van der Waals surface area contributed by atoms with Crippen LogP contribution in [0.1, 0.15) is 21.7 Å². The molecule has 5 nitrogen and oxygen atoms in total. The molecule has 0 unspecified atom stereocenters. The van der Waals surface area contributed by atoms with Crippen molar-refractivity contribution in [3.8, 4) is 5.75 Å². The molecule has 6 heteroatoms. The van der Waals surface area contributed by atoms with Crippen LogP contribution in [0.15, 0.2) is 24.3 Å². The Hall–Kier alpha value is -2.01. The number of rotatable bonds is 4. The van der Waals surface area contributed by atoms with Gasteiger partial charge in [0.15, 0.2) is 5.69 Å². The van der Waals surface area contributed by atoms with Gasteiger partial charge in [0.05, 0.1) is 5.69 Å². The van der Waals surface area contributed by atoms with Crippen LogP contribution in [0.2, 0.25) is 5.02 Å². The maximum absolute atomic E-state index is 10.6. The molecule has 1 aromatic carbocycles. The van der Waals surface area contributed by atoms with E-state index in [1.807, 2.05) is 6.92 Å². The van der Waals surface area contributed by atoms with Crippen LogP contribution >= 0.6 is 11.6 Å². The van der Waals surface area contributed by atoms with Crippen molar-refractivity contribution in [2.24, 2.45) is 0 Å². The zero-order chi connectivity index (χ0) is 13.1. The molecule has 0 aliphatic carbocycles. The first-order valence-electron chi connectivity index (χ1n) is 5.23. The third-order valence-electron chi connectivity index (χ3n) is 2.37. The predicted octanol–water partition coefficient (Wildman–Crippen LogP) is 2.65. The first-order valence-corrected chi connectivity index (χ1v) is 5.60. The molecule has 0 aliphatic rings. The zero-order valence-electron chi connectivity index (χ0n) is 9.61. The number of aromatic nitrogens is 2. The van der Waals surface area contributed by atoms with Crippen LogP contribution in [-0.2, 0) is 6.61 Å². The van der Waals surface area contributed by atoms with E-state index in [0.717, 1.165) is 5.56 Å². The number of hydrogen-bond acceptors (Lipinski definition) is 3. The van der Waals surface area contributed by atoms with Gasteiger partial charge in [0.25, 0.3) is 0 Å². The summed E-state index contributed by atoms with van der Waals surface area (Å²) < 4.78 is 5.55. The number of aryl methyl sites for hydroxylation is 1. The fourth-order valence-corrected chi connectivity index (χ4v) is 1.70. The monoisotopic (exact) mass is 266 g/mol. The van der Waals surface area contributed by atoms with E-state index in [4.69, 9.17) is 21.4 Å². The lowest BCUT2D eigenvalue weighted by molar-refractivity contribution is 0.0690. The Kier molecular flexibility index (Phi) is 3.53. The molecule has 1 heterocycles. The van der Waals surface area contributed by atoms with Crippen molar-refractivity contribution in [3.05, 3.63) is 46.2 Å². The fourth-order valence-electron chi connectivity index (χ4n) is 1.48. The summed E-state index contributed by atoms with van der Waals surface area (Å²) in [7, 11) is 0. The number of carboxylic acid groups (broad SMARTS) is 1. The Balaban J connectivity index is 2.04. The number of benzene rings is 1. The molecule has 2 N–H and O–H groups in total. The summed E-state index contributed by atoms with van der Waals surface area (Å²) in [6, 6.07) is 6.74. The van der Waals surface area contributed by atoms with E-state index >= 15 is 0 Å². The first kappa shape index (κ1) is 12.4. The number of hydrogen-bond donors (Lipinski definition) is 2. The van der Waals surface area contributed by atoms with Gasteiger partial charge in [-0.2, -0.15) is 5.10 Å². The number of carbonyl (C=O) groups is 1. The first-order chi connectivity index (χ1) is 8.56. The number of H-pyrrole nitrogens is 1. The van der Waals surface area contributed by atoms with E-state index in [1.54, 1.807) is 18.2 Å². The molecule has 2 rings (SSSR count). The molecule has 0 saturated heterocycles. The van der Waals surface area contributed by atoms with Gasteiger partial charge in [0.1, 0.15) is 12.4 Å². The standard InChI is InChI=1S/C12H11ClN2O3/c1-7-4-8(13)2-3-11(7)18-6-9-5-10(12(16)17)15-14-9/h2-5H,6H2,1H3,(H,14,15)(H,16,17). The molecule has 1 aromatic heterocycles. The molecule has 0 saturated carbocycles. The summed E-state index contributed by atoms with van der Waals surface area (Å²) >= 11 is 5.84. The molecule has 2 aromatic rings. The summed E-state index contributed by atoms with van der Waals surface area (Å²) in [5, 5.41) is 15.6. The molecule has 94 valence electrons. The molecule has 0 atom stereocenters. The SMILES string of the molecule is Cc1cc(Cl)ccc1OCc1cc(C(=O)O)n[nH]1. The Labute approximate surface area is 108 Å². The highest BCUT2D eigenvalue weighted by atomic mass is 35.5. The van der Waals surface area contributed by atoms with Gasteiger partial charge in [-0.25, -0.2) is 4.79 Å². The van der Waals surface area contributed by atoms with E-state index in [1.165, 1.54) is 6.07 Å². The maximum atomic E-state index is 10.6. The van der Waals surface area contributed by atoms with Crippen LogP contribution in [0.4, 0.5) is 0 Å². The smallest absolute Gasteiger partial charge is 0.356 e. The Morgan fingerprint density at radius 2 is 2.28 bits per heavy atom. The second-order valence-corrected chi connectivity index (χ2v) is 4.22. The van der Waals surface area contributed by atoms with Gasteiger partial charge in [-0.05, 0) is 36.8 Å². The number of aromatic carboxylic acids is 1. The second-order valence-electron chi connectivity index (χ2n) is 3.78. The average molecular weight is 267 g/mol. The van der Waals surface area contributed by atoms with Crippen molar-refractivity contribution in [1.29, 1.82) is 0 Å². The third-order valence-corrected chi connectivity index (χ3v) is 2.61. The minimum atomic E-state index is -1.07. The van der Waals surface area contributed by atoms with Gasteiger partial charge in [0, 0.05) is 5.02 Å². The summed E-state index contributed by atoms with van der Waals surface area (Å²) in [6.07, 6.45) is 0. The van der Waals surface area contributed by atoms with Gasteiger partial charge in [-0.1, -0.05) is 11.6 Å². The number of carboxylic acids is 1. The van der Waals surface area contributed by atoms with Gasteiger partial charge in [0.2, 0.25) is 0 Å². The highest BCUT2D eigenvalue weighted by molar-refractivity contribution is 6.30. The normalized spacial score (nSPS) is 10.3. The lowest BCUT2D eigenvalue weighted by Gasteiger charge is -2.07. The van der Waals surface area contributed by atoms with E-state index in [2.05, 4.69) is 10.2 Å². The highest BCUT2D eigenvalue weighted by Crippen LogP contribution is 2.22. The Morgan fingerprint density at radius 1 is 1.50 bits per heavy atom. The summed E-state index contributed by atoms with van der Waals surface area (Å²) in [5.41, 5.74) is 1.49. The van der Waals surface area contributed by atoms with E-state index in [-0.39, 0.29) is 12.3 Å². The van der Waals surface area contributed by atoms with E-state index in [9.17, 15) is 4.79 Å². The van der Waals surface area contributed by atoms with Crippen molar-refractivity contribution < 1.29 is 14.6 Å². The third kappa shape index (κ3) is 2.81.